The summed E-state index contributed by atoms with van der Waals surface area (Å²) in [5.74, 6) is 0.711. The number of hydrogen-bond acceptors (Lipinski definition) is 4. The van der Waals surface area contributed by atoms with Gasteiger partial charge in [-0.15, -0.1) is 0 Å². The smallest absolute Gasteiger partial charge is 0.292 e. The fourth-order valence-electron chi connectivity index (χ4n) is 4.19. The van der Waals surface area contributed by atoms with Gasteiger partial charge in [0.2, 0.25) is 5.91 Å². The zero-order valence-electron chi connectivity index (χ0n) is 14.5. The van der Waals surface area contributed by atoms with Gasteiger partial charge in [-0.05, 0) is 51.5 Å². The molecule has 2 aliphatic rings. The molecule has 6 nitrogen and oxygen atoms in total. The highest BCUT2D eigenvalue weighted by Crippen LogP contribution is 2.45. The molecule has 0 bridgehead atoms. The molecule has 3 atom stereocenters. The van der Waals surface area contributed by atoms with Crippen LogP contribution in [0.4, 0.5) is 11.4 Å². The van der Waals surface area contributed by atoms with Crippen molar-refractivity contribution in [1.29, 1.82) is 0 Å². The Morgan fingerprint density at radius 3 is 2.67 bits per heavy atom. The Morgan fingerprint density at radius 1 is 1.29 bits per heavy atom. The zero-order chi connectivity index (χ0) is 17.5. The first-order valence-corrected chi connectivity index (χ1v) is 8.60. The van der Waals surface area contributed by atoms with E-state index in [0.717, 1.165) is 25.8 Å². The Bertz CT molecular complexity index is 653. The molecule has 1 aliphatic heterocycles. The van der Waals surface area contributed by atoms with Crippen LogP contribution in [0.15, 0.2) is 24.3 Å². The lowest BCUT2D eigenvalue weighted by Gasteiger charge is -2.31. The van der Waals surface area contributed by atoms with Crippen molar-refractivity contribution in [2.75, 3.05) is 11.4 Å². The molecule has 24 heavy (non-hydrogen) atoms. The van der Waals surface area contributed by atoms with Gasteiger partial charge in [-0.3, -0.25) is 14.9 Å². The fraction of sp³-hybridized carbons (Fsp3) is 0.611. The molecule has 0 spiro atoms. The molecule has 1 aromatic carbocycles. The van der Waals surface area contributed by atoms with E-state index >= 15 is 0 Å². The van der Waals surface area contributed by atoms with E-state index < -0.39 is 0 Å². The summed E-state index contributed by atoms with van der Waals surface area (Å²) in [6, 6.07) is 6.43. The van der Waals surface area contributed by atoms with Crippen LogP contribution in [0.2, 0.25) is 0 Å². The highest BCUT2D eigenvalue weighted by atomic mass is 16.6. The molecular formula is C18H25N3O3. The van der Waals surface area contributed by atoms with Crippen molar-refractivity contribution in [3.8, 4) is 0 Å². The predicted molar refractivity (Wildman–Crippen MR) is 93.0 cm³/mol. The van der Waals surface area contributed by atoms with E-state index in [-0.39, 0.29) is 34.0 Å². The van der Waals surface area contributed by atoms with Crippen LogP contribution in [0, 0.1) is 22.0 Å². The molecule has 1 amide bonds. The lowest BCUT2D eigenvalue weighted by atomic mass is 9.92. The summed E-state index contributed by atoms with van der Waals surface area (Å²) in [6.07, 6.45) is 3.25. The van der Waals surface area contributed by atoms with E-state index in [2.05, 4.69) is 5.32 Å². The van der Waals surface area contributed by atoms with Crippen LogP contribution < -0.4 is 10.2 Å². The van der Waals surface area contributed by atoms with Gasteiger partial charge < -0.3 is 10.2 Å². The minimum atomic E-state index is -0.359. The molecule has 1 saturated carbocycles. The monoisotopic (exact) mass is 331 g/mol. The zero-order valence-corrected chi connectivity index (χ0v) is 14.5. The van der Waals surface area contributed by atoms with Gasteiger partial charge in [0.25, 0.3) is 5.69 Å². The van der Waals surface area contributed by atoms with Crippen LogP contribution in [-0.2, 0) is 4.79 Å². The maximum Gasteiger partial charge on any atom is 0.292 e. The summed E-state index contributed by atoms with van der Waals surface area (Å²) in [5, 5.41) is 14.5. The second-order valence-corrected chi connectivity index (χ2v) is 7.94. The third-order valence-electron chi connectivity index (χ3n) is 5.05. The number of benzene rings is 1. The fourth-order valence-corrected chi connectivity index (χ4v) is 4.19. The van der Waals surface area contributed by atoms with E-state index in [0.29, 0.717) is 11.6 Å². The highest BCUT2D eigenvalue weighted by molar-refractivity contribution is 5.88. The van der Waals surface area contributed by atoms with Crippen molar-refractivity contribution in [1.82, 2.24) is 5.32 Å². The minimum Gasteiger partial charge on any atom is -0.353 e. The van der Waals surface area contributed by atoms with Gasteiger partial charge in [-0.1, -0.05) is 18.6 Å². The predicted octanol–water partition coefficient (Wildman–Crippen LogP) is 3.11. The van der Waals surface area contributed by atoms with E-state index in [4.69, 9.17) is 0 Å². The normalized spacial score (nSPS) is 26.3. The van der Waals surface area contributed by atoms with Gasteiger partial charge in [-0.2, -0.15) is 0 Å². The van der Waals surface area contributed by atoms with Crippen molar-refractivity contribution >= 4 is 17.3 Å². The molecule has 1 saturated heterocycles. The Kier molecular flexibility index (Phi) is 4.24. The minimum absolute atomic E-state index is 0.0185. The number of nitrogens with one attached hydrogen (secondary N) is 1. The maximum atomic E-state index is 12.9. The SMILES string of the molecule is CC(C)(C)NC(=O)[C@@H]1[C@H]2CCC[C@H]2CN1c1ccccc1[N+](=O)[O-]. The molecular weight excluding hydrogens is 306 g/mol. The average molecular weight is 331 g/mol. The summed E-state index contributed by atoms with van der Waals surface area (Å²) in [6.45, 7) is 6.60. The molecule has 1 aromatic rings. The quantitative estimate of drug-likeness (QED) is 0.682. The van der Waals surface area contributed by atoms with Gasteiger partial charge in [0.15, 0.2) is 0 Å². The molecule has 130 valence electrons. The van der Waals surface area contributed by atoms with Crippen molar-refractivity contribution < 1.29 is 9.72 Å². The van der Waals surface area contributed by atoms with Crippen LogP contribution in [0.1, 0.15) is 40.0 Å². The number of carbonyl (C=O) groups is 1. The summed E-state index contributed by atoms with van der Waals surface area (Å²) < 4.78 is 0. The number of anilines is 1. The Balaban J connectivity index is 1.97. The largest absolute Gasteiger partial charge is 0.353 e. The van der Waals surface area contributed by atoms with Crippen molar-refractivity contribution in [3.05, 3.63) is 34.4 Å². The topological polar surface area (TPSA) is 75.5 Å². The van der Waals surface area contributed by atoms with Gasteiger partial charge in [0, 0.05) is 18.2 Å². The number of nitro groups is 1. The molecule has 6 heteroatoms. The van der Waals surface area contributed by atoms with Crippen molar-refractivity contribution in [2.45, 2.75) is 51.6 Å². The van der Waals surface area contributed by atoms with E-state index in [1.807, 2.05) is 25.7 Å². The summed E-state index contributed by atoms with van der Waals surface area (Å²) in [7, 11) is 0. The molecule has 1 N–H and O–H groups in total. The van der Waals surface area contributed by atoms with Gasteiger partial charge >= 0.3 is 0 Å². The molecule has 0 aromatic heterocycles. The van der Waals surface area contributed by atoms with E-state index in [1.165, 1.54) is 6.07 Å². The number of fused-ring (bicyclic) bond motifs is 1. The number of rotatable bonds is 3. The maximum absolute atomic E-state index is 12.9. The van der Waals surface area contributed by atoms with Crippen LogP contribution in [-0.4, -0.2) is 29.0 Å². The molecule has 2 fully saturated rings. The third kappa shape index (κ3) is 3.09. The van der Waals surface area contributed by atoms with Gasteiger partial charge in [0.05, 0.1) is 4.92 Å². The van der Waals surface area contributed by atoms with Gasteiger partial charge in [-0.25, -0.2) is 0 Å². The molecule has 3 rings (SSSR count). The number of carbonyl (C=O) groups excluding carboxylic acids is 1. The lowest BCUT2D eigenvalue weighted by molar-refractivity contribution is -0.384. The summed E-state index contributed by atoms with van der Waals surface area (Å²) in [4.78, 5) is 26.0. The van der Waals surface area contributed by atoms with Crippen LogP contribution in [0.3, 0.4) is 0 Å². The van der Waals surface area contributed by atoms with Crippen molar-refractivity contribution in [2.24, 2.45) is 11.8 Å². The number of nitro benzene ring substituents is 1. The Morgan fingerprint density at radius 2 is 2.00 bits per heavy atom. The molecule has 0 radical (unpaired) electrons. The van der Waals surface area contributed by atoms with Crippen molar-refractivity contribution in [3.63, 3.8) is 0 Å². The number of hydrogen-bond donors (Lipinski definition) is 1. The summed E-state index contributed by atoms with van der Waals surface area (Å²) in [5.41, 5.74) is 0.319. The summed E-state index contributed by atoms with van der Waals surface area (Å²) >= 11 is 0. The van der Waals surface area contributed by atoms with Crippen LogP contribution in [0.25, 0.3) is 0 Å². The average Bonchev–Trinajstić information content (AvgIpc) is 3.05. The Hall–Kier alpha value is -2.11. The third-order valence-corrected chi connectivity index (χ3v) is 5.05. The number of nitrogens with zero attached hydrogens (tertiary/aromatic N) is 2. The number of para-hydroxylation sites is 2. The first-order valence-electron chi connectivity index (χ1n) is 8.60. The first-order chi connectivity index (χ1) is 11.3. The highest BCUT2D eigenvalue weighted by Gasteiger charge is 2.49. The molecule has 1 heterocycles. The number of amides is 1. The van der Waals surface area contributed by atoms with E-state index in [1.54, 1.807) is 18.2 Å². The standard InChI is InChI=1S/C18H25N3O3/c1-18(2,3)19-17(22)16-13-8-6-7-12(13)11-20(16)14-9-4-5-10-15(14)21(23)24/h4-5,9-10,12-13,16H,6-8,11H2,1-3H3,(H,19,22)/t12-,13-,16-/m0/s1. The van der Waals surface area contributed by atoms with E-state index in [9.17, 15) is 14.9 Å². The Labute approximate surface area is 142 Å². The van der Waals surface area contributed by atoms with Gasteiger partial charge in [0.1, 0.15) is 11.7 Å². The van der Waals surface area contributed by atoms with Crippen LogP contribution in [0.5, 0.6) is 0 Å². The lowest BCUT2D eigenvalue weighted by Crippen LogP contribution is -2.52. The molecule has 0 unspecified atom stereocenters. The second kappa shape index (κ2) is 6.07. The second-order valence-electron chi connectivity index (χ2n) is 7.94. The molecule has 1 aliphatic carbocycles. The first kappa shape index (κ1) is 16.7. The van der Waals surface area contributed by atoms with Crippen LogP contribution >= 0.6 is 0 Å².